The summed E-state index contributed by atoms with van der Waals surface area (Å²) in [5, 5.41) is 19.4. The molecule has 2 rings (SSSR count). The van der Waals surface area contributed by atoms with Crippen molar-refractivity contribution in [2.45, 2.75) is 92.8 Å². The predicted molar refractivity (Wildman–Crippen MR) is 131 cm³/mol. The molecule has 1 heterocycles. The van der Waals surface area contributed by atoms with E-state index in [0.717, 1.165) is 12.0 Å². The van der Waals surface area contributed by atoms with Gasteiger partial charge in [-0.25, -0.2) is 0 Å². The van der Waals surface area contributed by atoms with Crippen LogP contribution in [0.4, 0.5) is 0 Å². The molecule has 5 heteroatoms. The molecule has 0 bridgehead atoms. The second kappa shape index (κ2) is 15.2. The molecular weight excluding hydrogens is 404 g/mol. The molecule has 0 aromatic heterocycles. The number of hydrogen-bond donors (Lipinski definition) is 2. The monoisotopic (exact) mass is 450 g/mol. The van der Waals surface area contributed by atoms with E-state index in [1.54, 1.807) is 13.0 Å². The van der Waals surface area contributed by atoms with Gasteiger partial charge in [0.05, 0.1) is 11.5 Å². The topological polar surface area (TPSA) is 83.8 Å². The summed E-state index contributed by atoms with van der Waals surface area (Å²) in [5.74, 6) is -0.681. The first-order valence-corrected chi connectivity index (χ1v) is 12.1. The van der Waals surface area contributed by atoms with Crippen molar-refractivity contribution in [2.75, 3.05) is 6.61 Å². The first kappa shape index (κ1) is 30.3. The standard InChI is InChI=1S/C22H34O5.C3H6.C2H6/c1-14(10-12-23)21(26)22-11-6-5-7-18(22)8-9-19(25)27-20(17(4)24)15(2)13-16(22)3;1-3-2;1-2/h5,7,13-15,17-18,20,23-24H,6,8-12H2,1-4H3;3H,1H2,2H3;1-2H3/b16-13+;;. The number of ketones is 1. The number of ether oxygens (including phenoxy) is 1. The summed E-state index contributed by atoms with van der Waals surface area (Å²) in [6.07, 6.45) is 9.27. The van der Waals surface area contributed by atoms with Crippen molar-refractivity contribution in [3.8, 4) is 0 Å². The Balaban J connectivity index is 0.00000177. The average molecular weight is 451 g/mol. The van der Waals surface area contributed by atoms with Gasteiger partial charge in [0.1, 0.15) is 11.9 Å². The number of cyclic esters (lactones) is 1. The maximum Gasteiger partial charge on any atom is 0.306 e. The van der Waals surface area contributed by atoms with Gasteiger partial charge >= 0.3 is 5.97 Å². The third-order valence-corrected chi connectivity index (χ3v) is 6.29. The first-order chi connectivity index (χ1) is 15.1. The summed E-state index contributed by atoms with van der Waals surface area (Å²) in [5.41, 5.74) is 0.334. The lowest BCUT2D eigenvalue weighted by Crippen LogP contribution is -2.45. The van der Waals surface area contributed by atoms with Gasteiger partial charge in [-0.05, 0) is 52.4 Å². The Labute approximate surface area is 195 Å². The van der Waals surface area contributed by atoms with Crippen molar-refractivity contribution < 1.29 is 24.5 Å². The van der Waals surface area contributed by atoms with Crippen molar-refractivity contribution in [2.24, 2.45) is 23.2 Å². The summed E-state index contributed by atoms with van der Waals surface area (Å²) >= 11 is 0. The smallest absolute Gasteiger partial charge is 0.306 e. The maximum absolute atomic E-state index is 13.6. The van der Waals surface area contributed by atoms with Crippen LogP contribution in [0.25, 0.3) is 0 Å². The quantitative estimate of drug-likeness (QED) is 0.432. The summed E-state index contributed by atoms with van der Waals surface area (Å²) < 4.78 is 5.53. The molecule has 6 unspecified atom stereocenters. The van der Waals surface area contributed by atoms with E-state index in [4.69, 9.17) is 4.74 Å². The Morgan fingerprint density at radius 3 is 2.50 bits per heavy atom. The molecule has 0 radical (unpaired) electrons. The van der Waals surface area contributed by atoms with E-state index < -0.39 is 17.6 Å². The van der Waals surface area contributed by atoms with E-state index in [1.165, 1.54) is 0 Å². The van der Waals surface area contributed by atoms with E-state index in [9.17, 15) is 19.8 Å². The molecule has 0 aromatic carbocycles. The van der Waals surface area contributed by atoms with Crippen molar-refractivity contribution in [1.82, 2.24) is 0 Å². The molecule has 0 aromatic rings. The van der Waals surface area contributed by atoms with Crippen molar-refractivity contribution in [1.29, 1.82) is 0 Å². The van der Waals surface area contributed by atoms with Gasteiger partial charge in [-0.3, -0.25) is 9.59 Å². The fraction of sp³-hybridized carbons (Fsp3) is 0.704. The van der Waals surface area contributed by atoms with Crippen LogP contribution in [0.15, 0.2) is 36.5 Å². The average Bonchev–Trinajstić information content (AvgIpc) is 2.76. The number of Topliss-reactive ketones (excluding diaryl/α,β-unsaturated/α-hetero) is 1. The molecule has 0 spiro atoms. The SMILES string of the molecule is C/C1=C\C(C)C(C(C)O)OC(=O)CCC2C=CCCC12C(=O)C(C)CCO.C=CC.CC. The second-order valence-electron chi connectivity index (χ2n) is 8.67. The summed E-state index contributed by atoms with van der Waals surface area (Å²) in [6, 6.07) is 0. The highest BCUT2D eigenvalue weighted by atomic mass is 16.6. The van der Waals surface area contributed by atoms with Gasteiger partial charge in [0.15, 0.2) is 0 Å². The zero-order valence-corrected chi connectivity index (χ0v) is 21.3. The summed E-state index contributed by atoms with van der Waals surface area (Å²) in [6.45, 7) is 16.7. The number of carbonyl (C=O) groups is 2. The van der Waals surface area contributed by atoms with Crippen LogP contribution >= 0.6 is 0 Å². The number of carbonyl (C=O) groups excluding carboxylic acids is 2. The first-order valence-electron chi connectivity index (χ1n) is 12.1. The summed E-state index contributed by atoms with van der Waals surface area (Å²) in [4.78, 5) is 25.9. The highest BCUT2D eigenvalue weighted by molar-refractivity contribution is 5.90. The van der Waals surface area contributed by atoms with Crippen LogP contribution in [0.1, 0.15) is 80.6 Å². The van der Waals surface area contributed by atoms with Gasteiger partial charge < -0.3 is 14.9 Å². The number of fused-ring (bicyclic) bond motifs is 1. The van der Waals surface area contributed by atoms with Crippen molar-refractivity contribution in [3.63, 3.8) is 0 Å². The molecule has 6 atom stereocenters. The highest BCUT2D eigenvalue weighted by Crippen LogP contribution is 2.49. The molecular formula is C27H46O5. The van der Waals surface area contributed by atoms with Gasteiger partial charge in [0.2, 0.25) is 0 Å². The second-order valence-corrected chi connectivity index (χ2v) is 8.67. The molecule has 1 aliphatic carbocycles. The van der Waals surface area contributed by atoms with Gasteiger partial charge in [-0.1, -0.05) is 57.6 Å². The molecule has 0 amide bonds. The molecule has 2 aliphatic rings. The highest BCUT2D eigenvalue weighted by Gasteiger charge is 2.48. The number of aliphatic hydroxyl groups excluding tert-OH is 2. The Bertz CT molecular complexity index is 648. The Kier molecular flexibility index (Phi) is 14.4. The largest absolute Gasteiger partial charge is 0.459 e. The number of esters is 1. The van der Waals surface area contributed by atoms with Gasteiger partial charge in [0, 0.05) is 24.9 Å². The molecule has 1 aliphatic heterocycles. The van der Waals surface area contributed by atoms with Crippen LogP contribution in [-0.4, -0.2) is 40.8 Å². The molecule has 2 N–H and O–H groups in total. The molecule has 0 saturated heterocycles. The number of allylic oxidation sites excluding steroid dienone is 4. The number of aliphatic hydroxyl groups is 2. The minimum absolute atomic E-state index is 0.0148. The third kappa shape index (κ3) is 7.70. The lowest BCUT2D eigenvalue weighted by Gasteiger charge is -2.44. The van der Waals surface area contributed by atoms with Crippen LogP contribution in [0, 0.1) is 23.2 Å². The van der Waals surface area contributed by atoms with Crippen LogP contribution < -0.4 is 0 Å². The normalized spacial score (nSPS) is 31.0. The van der Waals surface area contributed by atoms with E-state index in [1.807, 2.05) is 47.6 Å². The number of hydrogen-bond acceptors (Lipinski definition) is 5. The summed E-state index contributed by atoms with van der Waals surface area (Å²) in [7, 11) is 0. The molecule has 0 saturated carbocycles. The molecule has 0 fully saturated rings. The Morgan fingerprint density at radius 2 is 1.97 bits per heavy atom. The lowest BCUT2D eigenvalue weighted by atomic mass is 9.58. The van der Waals surface area contributed by atoms with E-state index in [2.05, 4.69) is 18.7 Å². The minimum atomic E-state index is -0.783. The van der Waals surface area contributed by atoms with E-state index in [0.29, 0.717) is 19.3 Å². The zero-order valence-electron chi connectivity index (χ0n) is 21.3. The Morgan fingerprint density at radius 1 is 1.38 bits per heavy atom. The molecule has 32 heavy (non-hydrogen) atoms. The van der Waals surface area contributed by atoms with Crippen molar-refractivity contribution in [3.05, 3.63) is 36.5 Å². The number of rotatable bonds is 5. The third-order valence-electron chi connectivity index (χ3n) is 6.29. The van der Waals surface area contributed by atoms with E-state index >= 15 is 0 Å². The van der Waals surface area contributed by atoms with Crippen LogP contribution in [0.2, 0.25) is 0 Å². The van der Waals surface area contributed by atoms with Crippen LogP contribution in [-0.2, 0) is 14.3 Å². The lowest BCUT2D eigenvalue weighted by molar-refractivity contribution is -0.158. The predicted octanol–water partition coefficient (Wildman–Crippen LogP) is 5.41. The fourth-order valence-electron chi connectivity index (χ4n) is 4.79. The van der Waals surface area contributed by atoms with Crippen LogP contribution in [0.5, 0.6) is 0 Å². The van der Waals surface area contributed by atoms with Gasteiger partial charge in [-0.15, -0.1) is 6.58 Å². The minimum Gasteiger partial charge on any atom is -0.459 e. The van der Waals surface area contributed by atoms with Gasteiger partial charge in [-0.2, -0.15) is 0 Å². The zero-order chi connectivity index (χ0) is 24.9. The van der Waals surface area contributed by atoms with Crippen molar-refractivity contribution >= 4 is 11.8 Å². The fourth-order valence-corrected chi connectivity index (χ4v) is 4.79. The molecule has 5 nitrogen and oxygen atoms in total. The molecule has 184 valence electrons. The van der Waals surface area contributed by atoms with Crippen LogP contribution in [0.3, 0.4) is 0 Å². The van der Waals surface area contributed by atoms with E-state index in [-0.39, 0.29) is 42.5 Å². The Hall–Kier alpha value is -1.72. The van der Waals surface area contributed by atoms with Gasteiger partial charge in [0.25, 0.3) is 0 Å². The maximum atomic E-state index is 13.6.